The summed E-state index contributed by atoms with van der Waals surface area (Å²) in [5.74, 6) is 1.70. The fraction of sp³-hybridized carbons (Fsp3) is 0.103. The second-order valence-electron chi connectivity index (χ2n) is 7.58. The number of nitrogens with one attached hydrogen (secondary N) is 1. The van der Waals surface area contributed by atoms with Crippen LogP contribution in [0.5, 0.6) is 11.5 Å². The van der Waals surface area contributed by atoms with E-state index in [1.807, 2.05) is 30.3 Å². The average molecular weight is 422 g/mol. The van der Waals surface area contributed by atoms with Crippen molar-refractivity contribution in [1.29, 1.82) is 0 Å². The van der Waals surface area contributed by atoms with E-state index in [-0.39, 0.29) is 0 Å². The lowest BCUT2D eigenvalue weighted by molar-refractivity contribution is 0.414. The number of benzene rings is 4. The van der Waals surface area contributed by atoms with Gasteiger partial charge in [0.25, 0.3) is 0 Å². The molecular weight excluding hydrogens is 394 g/mol. The average Bonchev–Trinajstić information content (AvgIpc) is 2.84. The molecule has 3 nitrogen and oxygen atoms in total. The SMILES string of the molecule is COc1ccc(/C=C\c2ccc(Nc3ccc(OC)cc3-c3ccccc3C)cc2)cc1. The van der Waals surface area contributed by atoms with Crippen LogP contribution in [-0.4, -0.2) is 14.2 Å². The molecule has 0 heterocycles. The van der Waals surface area contributed by atoms with Crippen LogP contribution >= 0.6 is 0 Å². The highest BCUT2D eigenvalue weighted by atomic mass is 16.5. The molecule has 0 aliphatic rings. The van der Waals surface area contributed by atoms with Crippen LogP contribution in [-0.2, 0) is 0 Å². The van der Waals surface area contributed by atoms with Crippen molar-refractivity contribution in [2.45, 2.75) is 6.92 Å². The first kappa shape index (κ1) is 21.3. The standard InChI is InChI=1S/C29H27NO2/c1-21-6-4-5-7-27(21)28-20-26(32-3)18-19-29(28)30-24-14-10-22(11-15-24)8-9-23-12-16-25(31-2)17-13-23/h4-20,30H,1-3H3/b9-8-. The molecule has 3 heteroatoms. The molecular formula is C29H27NO2. The smallest absolute Gasteiger partial charge is 0.119 e. The topological polar surface area (TPSA) is 30.5 Å². The van der Waals surface area contributed by atoms with Gasteiger partial charge in [-0.25, -0.2) is 0 Å². The quantitative estimate of drug-likeness (QED) is 0.312. The summed E-state index contributed by atoms with van der Waals surface area (Å²) in [6.07, 6.45) is 4.21. The molecule has 1 N–H and O–H groups in total. The molecule has 4 aromatic carbocycles. The first-order chi connectivity index (χ1) is 15.7. The Labute approximate surface area is 190 Å². The minimum atomic E-state index is 0.841. The summed E-state index contributed by atoms with van der Waals surface area (Å²) >= 11 is 0. The van der Waals surface area contributed by atoms with E-state index >= 15 is 0 Å². The largest absolute Gasteiger partial charge is 0.497 e. The Balaban J connectivity index is 1.54. The molecule has 0 saturated heterocycles. The molecule has 0 aliphatic carbocycles. The molecule has 0 saturated carbocycles. The van der Waals surface area contributed by atoms with Crippen LogP contribution in [0.25, 0.3) is 23.3 Å². The number of anilines is 2. The van der Waals surface area contributed by atoms with E-state index in [1.54, 1.807) is 14.2 Å². The molecule has 0 aromatic heterocycles. The lowest BCUT2D eigenvalue weighted by Gasteiger charge is -2.15. The van der Waals surface area contributed by atoms with Crippen molar-refractivity contribution in [3.05, 3.63) is 108 Å². The summed E-state index contributed by atoms with van der Waals surface area (Å²) in [5, 5.41) is 3.57. The normalized spacial score (nSPS) is 10.8. The van der Waals surface area contributed by atoms with Gasteiger partial charge in [0.2, 0.25) is 0 Å². The minimum Gasteiger partial charge on any atom is -0.497 e. The molecule has 4 aromatic rings. The van der Waals surface area contributed by atoms with Crippen molar-refractivity contribution >= 4 is 23.5 Å². The van der Waals surface area contributed by atoms with Gasteiger partial charge in [-0.1, -0.05) is 60.7 Å². The van der Waals surface area contributed by atoms with Crippen molar-refractivity contribution in [3.63, 3.8) is 0 Å². The highest BCUT2D eigenvalue weighted by Crippen LogP contribution is 2.35. The second kappa shape index (κ2) is 9.88. The van der Waals surface area contributed by atoms with Gasteiger partial charge in [0.05, 0.1) is 14.2 Å². The van der Waals surface area contributed by atoms with Crippen molar-refractivity contribution < 1.29 is 9.47 Å². The molecule has 0 amide bonds. The highest BCUT2D eigenvalue weighted by molar-refractivity contribution is 5.84. The lowest BCUT2D eigenvalue weighted by atomic mass is 9.98. The van der Waals surface area contributed by atoms with Gasteiger partial charge in [-0.3, -0.25) is 0 Å². The molecule has 0 atom stereocenters. The first-order valence-electron chi connectivity index (χ1n) is 10.6. The Morgan fingerprint density at radius 1 is 0.625 bits per heavy atom. The summed E-state index contributed by atoms with van der Waals surface area (Å²) in [6.45, 7) is 2.13. The van der Waals surface area contributed by atoms with E-state index < -0.39 is 0 Å². The van der Waals surface area contributed by atoms with E-state index in [9.17, 15) is 0 Å². The maximum absolute atomic E-state index is 5.47. The van der Waals surface area contributed by atoms with Gasteiger partial charge in [0.15, 0.2) is 0 Å². The van der Waals surface area contributed by atoms with Crippen molar-refractivity contribution in [3.8, 4) is 22.6 Å². The molecule has 0 bridgehead atoms. The van der Waals surface area contributed by atoms with Crippen LogP contribution in [0.15, 0.2) is 91.0 Å². The molecule has 4 rings (SSSR count). The van der Waals surface area contributed by atoms with Crippen LogP contribution in [0.1, 0.15) is 16.7 Å². The van der Waals surface area contributed by atoms with E-state index in [0.717, 1.165) is 39.6 Å². The first-order valence-corrected chi connectivity index (χ1v) is 10.6. The van der Waals surface area contributed by atoms with Crippen LogP contribution < -0.4 is 14.8 Å². The van der Waals surface area contributed by atoms with Gasteiger partial charge in [0.1, 0.15) is 11.5 Å². The molecule has 0 aliphatic heterocycles. The number of hydrogen-bond acceptors (Lipinski definition) is 3. The highest BCUT2D eigenvalue weighted by Gasteiger charge is 2.10. The predicted octanol–water partition coefficient (Wildman–Crippen LogP) is 7.59. The van der Waals surface area contributed by atoms with Gasteiger partial charge in [-0.2, -0.15) is 0 Å². The fourth-order valence-electron chi connectivity index (χ4n) is 3.60. The van der Waals surface area contributed by atoms with Gasteiger partial charge in [-0.15, -0.1) is 0 Å². The second-order valence-corrected chi connectivity index (χ2v) is 7.58. The van der Waals surface area contributed by atoms with Gasteiger partial charge < -0.3 is 14.8 Å². The van der Waals surface area contributed by atoms with Gasteiger partial charge in [0, 0.05) is 16.9 Å². The van der Waals surface area contributed by atoms with E-state index in [2.05, 4.69) is 85.1 Å². The molecule has 160 valence electrons. The summed E-state index contributed by atoms with van der Waals surface area (Å²) in [4.78, 5) is 0. The number of hydrogen-bond donors (Lipinski definition) is 1. The summed E-state index contributed by atoms with van der Waals surface area (Å²) in [5.41, 5.74) is 7.88. The molecule has 0 unspecified atom stereocenters. The van der Waals surface area contributed by atoms with Crippen LogP contribution in [0.3, 0.4) is 0 Å². The van der Waals surface area contributed by atoms with Gasteiger partial charge >= 0.3 is 0 Å². The van der Waals surface area contributed by atoms with E-state index in [0.29, 0.717) is 0 Å². The van der Waals surface area contributed by atoms with Crippen molar-refractivity contribution in [2.75, 3.05) is 19.5 Å². The number of rotatable bonds is 7. The van der Waals surface area contributed by atoms with Crippen molar-refractivity contribution in [1.82, 2.24) is 0 Å². The Morgan fingerprint density at radius 3 is 1.84 bits per heavy atom. The molecule has 0 spiro atoms. The molecule has 32 heavy (non-hydrogen) atoms. The van der Waals surface area contributed by atoms with E-state index in [1.165, 1.54) is 11.1 Å². The molecule has 0 radical (unpaired) electrons. The number of ether oxygens (including phenoxy) is 2. The van der Waals surface area contributed by atoms with Gasteiger partial charge in [-0.05, 0) is 71.6 Å². The lowest BCUT2D eigenvalue weighted by Crippen LogP contribution is -1.95. The zero-order chi connectivity index (χ0) is 22.3. The zero-order valence-electron chi connectivity index (χ0n) is 18.6. The summed E-state index contributed by atoms with van der Waals surface area (Å²) < 4.78 is 10.7. The predicted molar refractivity (Wildman–Crippen MR) is 135 cm³/mol. The Morgan fingerprint density at radius 2 is 1.22 bits per heavy atom. The minimum absolute atomic E-state index is 0.841. The number of aryl methyl sites for hydroxylation is 1. The molecule has 0 fully saturated rings. The summed E-state index contributed by atoms with van der Waals surface area (Å²) in [6, 6.07) is 31.0. The van der Waals surface area contributed by atoms with Crippen molar-refractivity contribution in [2.24, 2.45) is 0 Å². The third kappa shape index (κ3) is 5.01. The number of methoxy groups -OCH3 is 2. The zero-order valence-corrected chi connectivity index (χ0v) is 18.6. The third-order valence-electron chi connectivity index (χ3n) is 5.44. The van der Waals surface area contributed by atoms with Crippen LogP contribution in [0.2, 0.25) is 0 Å². The fourth-order valence-corrected chi connectivity index (χ4v) is 3.60. The maximum Gasteiger partial charge on any atom is 0.119 e. The maximum atomic E-state index is 5.47. The Bertz CT molecular complexity index is 1210. The third-order valence-corrected chi connectivity index (χ3v) is 5.44. The van der Waals surface area contributed by atoms with E-state index in [4.69, 9.17) is 9.47 Å². The Hall–Kier alpha value is -3.98. The van der Waals surface area contributed by atoms with Crippen LogP contribution in [0, 0.1) is 6.92 Å². The monoisotopic (exact) mass is 421 g/mol. The summed E-state index contributed by atoms with van der Waals surface area (Å²) in [7, 11) is 3.37. The Kier molecular flexibility index (Phi) is 6.57. The van der Waals surface area contributed by atoms with Crippen LogP contribution in [0.4, 0.5) is 11.4 Å².